The van der Waals surface area contributed by atoms with Gasteiger partial charge in [0.25, 0.3) is 5.91 Å². The van der Waals surface area contributed by atoms with E-state index in [-0.39, 0.29) is 5.69 Å². The number of hydrogen-bond donors (Lipinski definition) is 2. The molecule has 0 radical (unpaired) electrons. The fourth-order valence-corrected chi connectivity index (χ4v) is 1.63. The molecule has 0 aliphatic rings. The van der Waals surface area contributed by atoms with Crippen molar-refractivity contribution >= 4 is 5.91 Å². The summed E-state index contributed by atoms with van der Waals surface area (Å²) >= 11 is 0. The van der Waals surface area contributed by atoms with Gasteiger partial charge in [-0.15, -0.1) is 0 Å². The largest absolute Gasteiger partial charge is 0.289 e. The molecule has 0 spiro atoms. The zero-order valence-corrected chi connectivity index (χ0v) is 10.2. The molecule has 1 amide bonds. The third-order valence-corrected chi connectivity index (χ3v) is 2.44. The smallest absolute Gasteiger partial charge is 0.283 e. The van der Waals surface area contributed by atoms with E-state index in [0.717, 1.165) is 11.5 Å². The third kappa shape index (κ3) is 2.51. The maximum atomic E-state index is 11.4. The number of pyridine rings is 1. The monoisotopic (exact) mass is 246 g/mol. The van der Waals surface area contributed by atoms with Crippen LogP contribution in [0.5, 0.6) is 0 Å². The molecule has 94 valence electrons. The normalized spacial score (nSPS) is 10.4. The number of aromatic nitrogens is 4. The van der Waals surface area contributed by atoms with Crippen LogP contribution in [0.2, 0.25) is 0 Å². The summed E-state index contributed by atoms with van der Waals surface area (Å²) in [5.74, 6) is 6.17. The predicted molar refractivity (Wildman–Crippen MR) is 64.5 cm³/mol. The van der Waals surface area contributed by atoms with Crippen molar-refractivity contribution in [2.45, 2.75) is 20.4 Å². The van der Waals surface area contributed by atoms with E-state index in [1.165, 1.54) is 0 Å². The zero-order chi connectivity index (χ0) is 13.1. The van der Waals surface area contributed by atoms with Crippen LogP contribution in [0.4, 0.5) is 0 Å². The summed E-state index contributed by atoms with van der Waals surface area (Å²) in [7, 11) is 0. The van der Waals surface area contributed by atoms with Crippen LogP contribution in [0.3, 0.4) is 0 Å². The van der Waals surface area contributed by atoms with Gasteiger partial charge in [-0.25, -0.2) is 20.5 Å². The Bertz CT molecular complexity index is 577. The van der Waals surface area contributed by atoms with Crippen LogP contribution < -0.4 is 11.3 Å². The molecule has 0 atom stereocenters. The first kappa shape index (κ1) is 12.2. The molecule has 2 aromatic heterocycles. The average Bonchev–Trinajstić information content (AvgIpc) is 2.67. The van der Waals surface area contributed by atoms with Crippen LogP contribution in [0.25, 0.3) is 0 Å². The van der Waals surface area contributed by atoms with E-state index in [2.05, 4.69) is 20.5 Å². The lowest BCUT2D eigenvalue weighted by Gasteiger charge is -2.04. The standard InChI is InChI=1S/C11H14N6O/c1-7-13-8(2)17(16-7)6-9-4-3-5-10(14-9)11(18)15-12/h3-5H,6,12H2,1-2H3,(H,15,18). The second kappa shape index (κ2) is 4.92. The van der Waals surface area contributed by atoms with Gasteiger partial charge in [0.15, 0.2) is 0 Å². The number of hydrogen-bond acceptors (Lipinski definition) is 5. The Morgan fingerprint density at radius 1 is 1.39 bits per heavy atom. The first-order valence-corrected chi connectivity index (χ1v) is 5.45. The predicted octanol–water partition coefficient (Wildman–Crippen LogP) is -0.0583. The molecule has 0 aliphatic carbocycles. The van der Waals surface area contributed by atoms with Crippen molar-refractivity contribution in [2.75, 3.05) is 0 Å². The van der Waals surface area contributed by atoms with Crippen LogP contribution in [0, 0.1) is 13.8 Å². The van der Waals surface area contributed by atoms with Gasteiger partial charge in [-0.1, -0.05) is 6.07 Å². The number of aryl methyl sites for hydroxylation is 2. The van der Waals surface area contributed by atoms with Crippen LogP contribution in [0.1, 0.15) is 27.8 Å². The van der Waals surface area contributed by atoms with Crippen LogP contribution in [-0.2, 0) is 6.54 Å². The van der Waals surface area contributed by atoms with Gasteiger partial charge in [-0.05, 0) is 26.0 Å². The quantitative estimate of drug-likeness (QED) is 0.449. The maximum Gasteiger partial charge on any atom is 0.283 e. The maximum absolute atomic E-state index is 11.4. The first-order chi connectivity index (χ1) is 8.60. The average molecular weight is 246 g/mol. The van der Waals surface area contributed by atoms with Crippen LogP contribution in [0.15, 0.2) is 18.2 Å². The fourth-order valence-electron chi connectivity index (χ4n) is 1.63. The number of nitrogen functional groups attached to an aromatic ring is 1. The number of carbonyl (C=O) groups is 1. The number of amides is 1. The molecule has 3 N–H and O–H groups in total. The van der Waals surface area contributed by atoms with Gasteiger partial charge in [0.05, 0.1) is 12.2 Å². The molecule has 2 aromatic rings. The van der Waals surface area contributed by atoms with Crippen molar-refractivity contribution < 1.29 is 4.79 Å². The second-order valence-electron chi connectivity index (χ2n) is 3.85. The molecule has 7 heteroatoms. The molecule has 2 rings (SSSR count). The van der Waals surface area contributed by atoms with E-state index < -0.39 is 5.91 Å². The first-order valence-electron chi connectivity index (χ1n) is 5.45. The third-order valence-electron chi connectivity index (χ3n) is 2.44. The van der Waals surface area contributed by atoms with E-state index >= 15 is 0 Å². The summed E-state index contributed by atoms with van der Waals surface area (Å²) in [5.41, 5.74) is 3.06. The van der Waals surface area contributed by atoms with E-state index in [1.54, 1.807) is 16.8 Å². The van der Waals surface area contributed by atoms with E-state index in [0.29, 0.717) is 12.4 Å². The number of nitrogens with zero attached hydrogens (tertiary/aromatic N) is 4. The molecule has 7 nitrogen and oxygen atoms in total. The summed E-state index contributed by atoms with van der Waals surface area (Å²) < 4.78 is 1.74. The van der Waals surface area contributed by atoms with Gasteiger partial charge < -0.3 is 0 Å². The molecule has 0 bridgehead atoms. The highest BCUT2D eigenvalue weighted by molar-refractivity contribution is 5.91. The molecule has 2 heterocycles. The number of hydrazine groups is 1. The minimum Gasteiger partial charge on any atom is -0.289 e. The summed E-state index contributed by atoms with van der Waals surface area (Å²) in [6.45, 7) is 4.17. The van der Waals surface area contributed by atoms with Gasteiger partial charge in [0.1, 0.15) is 17.3 Å². The highest BCUT2D eigenvalue weighted by atomic mass is 16.2. The van der Waals surface area contributed by atoms with Crippen molar-refractivity contribution in [3.8, 4) is 0 Å². The lowest BCUT2D eigenvalue weighted by molar-refractivity contribution is 0.0948. The molecule has 0 saturated carbocycles. The summed E-state index contributed by atoms with van der Waals surface area (Å²) in [6, 6.07) is 5.18. The van der Waals surface area contributed by atoms with Crippen LogP contribution in [-0.4, -0.2) is 25.7 Å². The lowest BCUT2D eigenvalue weighted by Crippen LogP contribution is -2.30. The number of nitrogens with one attached hydrogen (secondary N) is 1. The van der Waals surface area contributed by atoms with Crippen molar-refractivity contribution in [3.05, 3.63) is 41.2 Å². The van der Waals surface area contributed by atoms with Crippen LogP contribution >= 0.6 is 0 Å². The van der Waals surface area contributed by atoms with Crippen molar-refractivity contribution in [2.24, 2.45) is 5.84 Å². The summed E-state index contributed by atoms with van der Waals surface area (Å²) in [4.78, 5) is 19.8. The van der Waals surface area contributed by atoms with Crippen molar-refractivity contribution in [1.29, 1.82) is 0 Å². The number of rotatable bonds is 3. The summed E-state index contributed by atoms with van der Waals surface area (Å²) in [5, 5.41) is 4.24. The van der Waals surface area contributed by atoms with Gasteiger partial charge >= 0.3 is 0 Å². The topological polar surface area (TPSA) is 98.7 Å². The molecular formula is C11H14N6O. The molecule has 0 unspecified atom stereocenters. The number of nitrogens with two attached hydrogens (primary N) is 1. The molecule has 0 saturated heterocycles. The SMILES string of the molecule is Cc1nc(C)n(Cc2cccc(C(=O)NN)n2)n1. The van der Waals surface area contributed by atoms with Crippen molar-refractivity contribution in [1.82, 2.24) is 25.2 Å². The minimum atomic E-state index is -0.414. The highest BCUT2D eigenvalue weighted by Crippen LogP contribution is 2.04. The Morgan fingerprint density at radius 3 is 2.78 bits per heavy atom. The van der Waals surface area contributed by atoms with E-state index in [1.807, 2.05) is 19.9 Å². The lowest BCUT2D eigenvalue weighted by atomic mass is 10.3. The Balaban J connectivity index is 2.24. The Kier molecular flexibility index (Phi) is 3.33. The number of carbonyl (C=O) groups excluding carboxylic acids is 1. The Morgan fingerprint density at radius 2 is 2.17 bits per heavy atom. The molecule has 0 fully saturated rings. The molecular weight excluding hydrogens is 232 g/mol. The van der Waals surface area contributed by atoms with Gasteiger partial charge in [-0.2, -0.15) is 5.10 Å². The minimum absolute atomic E-state index is 0.282. The van der Waals surface area contributed by atoms with Gasteiger partial charge in [0, 0.05) is 0 Å². The van der Waals surface area contributed by atoms with Gasteiger partial charge in [0.2, 0.25) is 0 Å². The molecule has 0 aromatic carbocycles. The summed E-state index contributed by atoms with van der Waals surface area (Å²) in [6.07, 6.45) is 0. The Hall–Kier alpha value is -2.28. The zero-order valence-electron chi connectivity index (χ0n) is 10.2. The van der Waals surface area contributed by atoms with E-state index in [4.69, 9.17) is 5.84 Å². The van der Waals surface area contributed by atoms with Crippen molar-refractivity contribution in [3.63, 3.8) is 0 Å². The van der Waals surface area contributed by atoms with E-state index in [9.17, 15) is 4.79 Å². The van der Waals surface area contributed by atoms with Gasteiger partial charge in [-0.3, -0.25) is 10.2 Å². The highest BCUT2D eigenvalue weighted by Gasteiger charge is 2.08. The Labute approximate surface area is 104 Å². The second-order valence-corrected chi connectivity index (χ2v) is 3.85. The fraction of sp³-hybridized carbons (Fsp3) is 0.273. The molecule has 0 aliphatic heterocycles. The molecule has 18 heavy (non-hydrogen) atoms.